The Morgan fingerprint density at radius 2 is 2.12 bits per heavy atom. The van der Waals surface area contributed by atoms with Crippen LogP contribution in [-0.2, 0) is 6.54 Å². The van der Waals surface area contributed by atoms with E-state index in [1.807, 2.05) is 30.3 Å². The van der Waals surface area contributed by atoms with Gasteiger partial charge in [0.15, 0.2) is 5.65 Å². The molecule has 1 aliphatic rings. The number of aromatic nitrogens is 4. The number of aromatic amines is 1. The van der Waals surface area contributed by atoms with Crippen LogP contribution >= 0.6 is 0 Å². The van der Waals surface area contributed by atoms with Crippen molar-refractivity contribution in [3.05, 3.63) is 52.7 Å². The van der Waals surface area contributed by atoms with E-state index < -0.39 is 0 Å². The van der Waals surface area contributed by atoms with Gasteiger partial charge in [-0.15, -0.1) is 0 Å². The van der Waals surface area contributed by atoms with Gasteiger partial charge in [-0.3, -0.25) is 9.69 Å². The van der Waals surface area contributed by atoms with E-state index in [1.165, 1.54) is 12.8 Å². The summed E-state index contributed by atoms with van der Waals surface area (Å²) in [6.45, 7) is 5.06. The number of nitrogens with one attached hydrogen (secondary N) is 1. The molecule has 1 unspecified atom stereocenters. The van der Waals surface area contributed by atoms with Gasteiger partial charge in [-0.2, -0.15) is 5.10 Å². The van der Waals surface area contributed by atoms with Gasteiger partial charge in [0.1, 0.15) is 11.2 Å². The third kappa shape index (κ3) is 2.85. The molecule has 1 atom stereocenters. The second kappa shape index (κ2) is 6.20. The Balaban J connectivity index is 1.71. The van der Waals surface area contributed by atoms with Gasteiger partial charge in [0, 0.05) is 6.54 Å². The molecule has 1 N–H and O–H groups in total. The molecule has 3 heterocycles. The lowest BCUT2D eigenvalue weighted by molar-refractivity contribution is 0.173. The number of likely N-dealkylation sites (tertiary alicyclic amines) is 1. The Labute approximate surface area is 140 Å². The standard InChI is InChI=1S/C18H21N5O/c1-13-6-5-9-22(11-13)12-16-20-17-15(18(24)21-16)10-19-23(17)14-7-3-2-4-8-14/h2-4,7-8,10,13H,5-6,9,11-12H2,1H3,(H,20,21,24). The summed E-state index contributed by atoms with van der Waals surface area (Å²) in [7, 11) is 0. The zero-order chi connectivity index (χ0) is 16.5. The van der Waals surface area contributed by atoms with Crippen LogP contribution in [0.5, 0.6) is 0 Å². The molecule has 0 aliphatic carbocycles. The second-order valence-electron chi connectivity index (χ2n) is 6.62. The molecule has 0 bridgehead atoms. The highest BCUT2D eigenvalue weighted by Crippen LogP contribution is 2.18. The lowest BCUT2D eigenvalue weighted by Gasteiger charge is -2.30. The minimum absolute atomic E-state index is 0.123. The molecular formula is C18H21N5O. The highest BCUT2D eigenvalue weighted by atomic mass is 16.1. The molecule has 124 valence electrons. The fourth-order valence-electron chi connectivity index (χ4n) is 3.44. The van der Waals surface area contributed by atoms with E-state index in [0.29, 0.717) is 29.3 Å². The third-order valence-corrected chi connectivity index (χ3v) is 4.60. The Bertz CT molecular complexity index is 899. The number of hydrogen-bond acceptors (Lipinski definition) is 4. The summed E-state index contributed by atoms with van der Waals surface area (Å²) >= 11 is 0. The quantitative estimate of drug-likeness (QED) is 0.803. The largest absolute Gasteiger partial charge is 0.309 e. The van der Waals surface area contributed by atoms with Gasteiger partial charge in [-0.25, -0.2) is 9.67 Å². The molecule has 1 saturated heterocycles. The van der Waals surface area contributed by atoms with Crippen molar-refractivity contribution in [1.82, 2.24) is 24.6 Å². The van der Waals surface area contributed by atoms with Crippen molar-refractivity contribution in [2.24, 2.45) is 5.92 Å². The molecule has 0 amide bonds. The summed E-state index contributed by atoms with van der Waals surface area (Å²) in [5, 5.41) is 4.87. The van der Waals surface area contributed by atoms with E-state index in [1.54, 1.807) is 10.9 Å². The Hall–Kier alpha value is -2.47. The van der Waals surface area contributed by atoms with Crippen LogP contribution in [-0.4, -0.2) is 37.7 Å². The van der Waals surface area contributed by atoms with Crippen molar-refractivity contribution >= 4 is 11.0 Å². The van der Waals surface area contributed by atoms with Crippen molar-refractivity contribution in [3.8, 4) is 5.69 Å². The van der Waals surface area contributed by atoms with Crippen molar-refractivity contribution in [2.75, 3.05) is 13.1 Å². The van der Waals surface area contributed by atoms with Crippen LogP contribution in [0.25, 0.3) is 16.7 Å². The summed E-state index contributed by atoms with van der Waals surface area (Å²) in [5.41, 5.74) is 1.40. The van der Waals surface area contributed by atoms with Gasteiger partial charge in [-0.05, 0) is 37.4 Å². The first-order valence-corrected chi connectivity index (χ1v) is 8.45. The van der Waals surface area contributed by atoms with Crippen LogP contribution in [0.15, 0.2) is 41.3 Å². The molecule has 0 saturated carbocycles. The van der Waals surface area contributed by atoms with E-state index in [-0.39, 0.29) is 5.56 Å². The summed E-state index contributed by atoms with van der Waals surface area (Å²) < 4.78 is 1.73. The Morgan fingerprint density at radius 3 is 2.92 bits per heavy atom. The minimum atomic E-state index is -0.123. The van der Waals surface area contributed by atoms with Crippen LogP contribution in [0.3, 0.4) is 0 Å². The molecule has 24 heavy (non-hydrogen) atoms. The molecule has 3 aromatic rings. The normalized spacial score (nSPS) is 19.0. The fraction of sp³-hybridized carbons (Fsp3) is 0.389. The molecule has 0 radical (unpaired) electrons. The number of nitrogens with zero attached hydrogens (tertiary/aromatic N) is 4. The summed E-state index contributed by atoms with van der Waals surface area (Å²) in [6.07, 6.45) is 4.07. The summed E-state index contributed by atoms with van der Waals surface area (Å²) in [4.78, 5) is 22.4. The predicted octanol–water partition coefficient (Wildman–Crippen LogP) is 2.34. The van der Waals surface area contributed by atoms with Crippen LogP contribution < -0.4 is 5.56 Å². The Morgan fingerprint density at radius 1 is 1.29 bits per heavy atom. The van der Waals surface area contributed by atoms with E-state index in [4.69, 9.17) is 4.98 Å². The lowest BCUT2D eigenvalue weighted by Crippen LogP contribution is -2.34. The van der Waals surface area contributed by atoms with Crippen molar-refractivity contribution in [1.29, 1.82) is 0 Å². The number of hydrogen-bond donors (Lipinski definition) is 1. The highest BCUT2D eigenvalue weighted by molar-refractivity contribution is 5.75. The van der Waals surface area contributed by atoms with Crippen LogP contribution in [0.1, 0.15) is 25.6 Å². The van der Waals surface area contributed by atoms with Gasteiger partial charge >= 0.3 is 0 Å². The maximum Gasteiger partial charge on any atom is 0.262 e. The van der Waals surface area contributed by atoms with Gasteiger partial charge in [0.05, 0.1) is 18.4 Å². The topological polar surface area (TPSA) is 66.8 Å². The fourth-order valence-corrected chi connectivity index (χ4v) is 3.44. The van der Waals surface area contributed by atoms with Gasteiger partial charge in [0.25, 0.3) is 5.56 Å². The van der Waals surface area contributed by atoms with Crippen LogP contribution in [0.2, 0.25) is 0 Å². The van der Waals surface area contributed by atoms with Crippen molar-refractivity contribution in [2.45, 2.75) is 26.3 Å². The Kier molecular flexibility index (Phi) is 3.90. The highest BCUT2D eigenvalue weighted by Gasteiger charge is 2.18. The SMILES string of the molecule is CC1CCCN(Cc2nc3c(cnn3-c3ccccc3)c(=O)[nH]2)C1. The molecule has 4 rings (SSSR count). The maximum absolute atomic E-state index is 12.4. The number of benzene rings is 1. The molecular weight excluding hydrogens is 302 g/mol. The lowest BCUT2D eigenvalue weighted by atomic mass is 10.0. The van der Waals surface area contributed by atoms with Crippen LogP contribution in [0.4, 0.5) is 0 Å². The summed E-state index contributed by atoms with van der Waals surface area (Å²) in [5.74, 6) is 1.41. The number of fused-ring (bicyclic) bond motifs is 1. The minimum Gasteiger partial charge on any atom is -0.309 e. The average molecular weight is 323 g/mol. The van der Waals surface area contributed by atoms with E-state index in [9.17, 15) is 4.79 Å². The zero-order valence-corrected chi connectivity index (χ0v) is 13.8. The van der Waals surface area contributed by atoms with Gasteiger partial charge in [-0.1, -0.05) is 25.1 Å². The molecule has 1 aliphatic heterocycles. The molecule has 1 fully saturated rings. The predicted molar refractivity (Wildman–Crippen MR) is 93.2 cm³/mol. The first kappa shape index (κ1) is 15.1. The maximum atomic E-state index is 12.4. The van der Waals surface area contributed by atoms with Crippen LogP contribution in [0, 0.1) is 5.92 Å². The first-order valence-electron chi connectivity index (χ1n) is 8.45. The zero-order valence-electron chi connectivity index (χ0n) is 13.8. The van der Waals surface area contributed by atoms with Gasteiger partial charge < -0.3 is 4.98 Å². The smallest absolute Gasteiger partial charge is 0.262 e. The van der Waals surface area contributed by atoms with E-state index >= 15 is 0 Å². The molecule has 6 nitrogen and oxygen atoms in total. The monoisotopic (exact) mass is 323 g/mol. The first-order chi connectivity index (χ1) is 11.7. The molecule has 2 aromatic heterocycles. The summed E-state index contributed by atoms with van der Waals surface area (Å²) in [6, 6.07) is 9.78. The molecule has 1 aromatic carbocycles. The molecule has 0 spiro atoms. The van der Waals surface area contributed by atoms with Gasteiger partial charge in [0.2, 0.25) is 0 Å². The number of piperidine rings is 1. The van der Waals surface area contributed by atoms with E-state index in [2.05, 4.69) is 21.9 Å². The third-order valence-electron chi connectivity index (χ3n) is 4.60. The molecule has 6 heteroatoms. The van der Waals surface area contributed by atoms with Crippen molar-refractivity contribution < 1.29 is 0 Å². The van der Waals surface area contributed by atoms with E-state index in [0.717, 1.165) is 18.8 Å². The number of rotatable bonds is 3. The number of para-hydroxylation sites is 1. The van der Waals surface area contributed by atoms with Crippen molar-refractivity contribution in [3.63, 3.8) is 0 Å². The second-order valence-corrected chi connectivity index (χ2v) is 6.62. The average Bonchev–Trinajstić information content (AvgIpc) is 3.00. The number of H-pyrrole nitrogens is 1.